The quantitative estimate of drug-likeness (QED) is 0.435. The number of fused-ring (bicyclic) bond motifs is 1. The zero-order chi connectivity index (χ0) is 21.9. The second kappa shape index (κ2) is 8.76. The molecule has 3 aromatic rings. The van der Waals surface area contributed by atoms with Crippen molar-refractivity contribution < 1.29 is 27.1 Å². The Kier molecular flexibility index (Phi) is 6.33. The number of Topliss-reactive ketones (excluding diaryl/α,β-unsaturated/α-hetero) is 1. The lowest BCUT2D eigenvalue weighted by atomic mass is 10.1. The Morgan fingerprint density at radius 2 is 1.80 bits per heavy atom. The fraction of sp³-hybridized carbons (Fsp3) is 0.238. The van der Waals surface area contributed by atoms with E-state index in [2.05, 4.69) is 4.98 Å². The number of H-pyrrole nitrogens is 1. The number of para-hydroxylation sites is 1. The van der Waals surface area contributed by atoms with E-state index in [0.29, 0.717) is 10.9 Å². The van der Waals surface area contributed by atoms with Crippen molar-refractivity contribution in [3.63, 3.8) is 0 Å². The maximum Gasteiger partial charge on any atom is 0.338 e. The van der Waals surface area contributed by atoms with Gasteiger partial charge in [0.05, 0.1) is 5.56 Å². The molecule has 0 aliphatic heterocycles. The molecule has 9 heteroatoms. The maximum absolute atomic E-state index is 14.2. The molecule has 7 nitrogen and oxygen atoms in total. The van der Waals surface area contributed by atoms with Crippen molar-refractivity contribution in [3.8, 4) is 0 Å². The Labute approximate surface area is 173 Å². The minimum absolute atomic E-state index is 0.158. The second-order valence-electron chi connectivity index (χ2n) is 6.48. The highest BCUT2D eigenvalue weighted by Gasteiger charge is 2.27. The van der Waals surface area contributed by atoms with Gasteiger partial charge >= 0.3 is 5.97 Å². The summed E-state index contributed by atoms with van der Waals surface area (Å²) < 4.78 is 45.6. The molecular formula is C21H21FN2O5S. The number of halogens is 1. The summed E-state index contributed by atoms with van der Waals surface area (Å²) >= 11 is 0. The molecule has 1 N–H and O–H groups in total. The third-order valence-corrected chi connectivity index (χ3v) is 6.78. The fourth-order valence-electron chi connectivity index (χ4n) is 3.13. The fourth-order valence-corrected chi connectivity index (χ4v) is 4.67. The van der Waals surface area contributed by atoms with Gasteiger partial charge < -0.3 is 9.72 Å². The molecule has 0 radical (unpaired) electrons. The first kappa shape index (κ1) is 21.7. The number of carbonyl (C=O) groups excluding carboxylic acids is 2. The van der Waals surface area contributed by atoms with Crippen molar-refractivity contribution in [3.05, 3.63) is 65.6 Å². The normalized spacial score (nSPS) is 11.7. The van der Waals surface area contributed by atoms with Crippen LogP contribution in [-0.4, -0.2) is 49.2 Å². The number of ether oxygens (including phenoxy) is 1. The summed E-state index contributed by atoms with van der Waals surface area (Å²) in [5.74, 6) is -2.30. The van der Waals surface area contributed by atoms with Crippen LogP contribution in [-0.2, 0) is 14.8 Å². The Bertz CT molecular complexity index is 1200. The molecule has 0 bridgehead atoms. The number of carbonyl (C=O) groups is 2. The van der Waals surface area contributed by atoms with Gasteiger partial charge in [-0.15, -0.1) is 0 Å². The third kappa shape index (κ3) is 4.12. The van der Waals surface area contributed by atoms with Crippen LogP contribution in [0.25, 0.3) is 10.9 Å². The lowest BCUT2D eigenvalue weighted by Crippen LogP contribution is -2.31. The summed E-state index contributed by atoms with van der Waals surface area (Å²) in [7, 11) is -4.10. The zero-order valence-corrected chi connectivity index (χ0v) is 17.3. The standard InChI is InChI=1S/C21H21FN2O5S/c1-3-24(4-2)30(27,28)20-11-14(9-10-17(20)22)21(26)29-13-19(25)16-12-23-18-8-6-5-7-15(16)18/h5-12,23H,3-4,13H2,1-2H3. The molecule has 0 unspecified atom stereocenters. The molecule has 1 heterocycles. The number of ketones is 1. The highest BCUT2D eigenvalue weighted by molar-refractivity contribution is 7.89. The van der Waals surface area contributed by atoms with Crippen LogP contribution >= 0.6 is 0 Å². The van der Waals surface area contributed by atoms with Crippen LogP contribution in [0.2, 0.25) is 0 Å². The summed E-state index contributed by atoms with van der Waals surface area (Å²) in [6, 6.07) is 10.1. The largest absolute Gasteiger partial charge is 0.454 e. The number of benzene rings is 2. The van der Waals surface area contributed by atoms with Gasteiger partial charge in [-0.25, -0.2) is 17.6 Å². The Morgan fingerprint density at radius 3 is 2.50 bits per heavy atom. The molecule has 2 aromatic carbocycles. The molecule has 1 aromatic heterocycles. The predicted octanol–water partition coefficient (Wildman–Crippen LogP) is 3.38. The molecule has 0 saturated heterocycles. The summed E-state index contributed by atoms with van der Waals surface area (Å²) in [5, 5.41) is 0.702. The Morgan fingerprint density at radius 1 is 1.10 bits per heavy atom. The highest BCUT2D eigenvalue weighted by Crippen LogP contribution is 2.22. The van der Waals surface area contributed by atoms with Gasteiger partial charge in [-0.1, -0.05) is 32.0 Å². The van der Waals surface area contributed by atoms with E-state index in [4.69, 9.17) is 4.74 Å². The highest BCUT2D eigenvalue weighted by atomic mass is 32.2. The van der Waals surface area contributed by atoms with Crippen LogP contribution in [0.4, 0.5) is 4.39 Å². The van der Waals surface area contributed by atoms with E-state index in [-0.39, 0.29) is 18.7 Å². The summed E-state index contributed by atoms with van der Waals surface area (Å²) in [4.78, 5) is 27.2. The third-order valence-electron chi connectivity index (χ3n) is 4.71. The van der Waals surface area contributed by atoms with E-state index in [1.165, 1.54) is 6.20 Å². The first-order chi connectivity index (χ1) is 14.3. The molecule has 0 fully saturated rings. The number of aromatic nitrogens is 1. The van der Waals surface area contributed by atoms with Crippen LogP contribution in [0.3, 0.4) is 0 Å². The topological polar surface area (TPSA) is 96.5 Å². The molecule has 0 aliphatic rings. The minimum atomic E-state index is -4.10. The van der Waals surface area contributed by atoms with Gasteiger partial charge in [-0.05, 0) is 24.3 Å². The van der Waals surface area contributed by atoms with Gasteiger partial charge in [-0.2, -0.15) is 4.31 Å². The first-order valence-electron chi connectivity index (χ1n) is 9.35. The molecule has 0 atom stereocenters. The molecule has 0 saturated carbocycles. The molecule has 0 spiro atoms. The number of aromatic amines is 1. The average molecular weight is 432 g/mol. The summed E-state index contributed by atoms with van der Waals surface area (Å²) in [6.07, 6.45) is 1.54. The molecule has 158 valence electrons. The second-order valence-corrected chi connectivity index (χ2v) is 8.39. The van der Waals surface area contributed by atoms with Crippen molar-refractivity contribution in [2.75, 3.05) is 19.7 Å². The summed E-state index contributed by atoms with van der Waals surface area (Å²) in [5.41, 5.74) is 0.994. The average Bonchev–Trinajstić information content (AvgIpc) is 3.17. The molecule has 3 rings (SSSR count). The van der Waals surface area contributed by atoms with Crippen molar-refractivity contribution in [2.24, 2.45) is 0 Å². The van der Waals surface area contributed by atoms with Gasteiger partial charge in [0.1, 0.15) is 10.7 Å². The van der Waals surface area contributed by atoms with Crippen molar-refractivity contribution in [1.82, 2.24) is 9.29 Å². The number of nitrogens with zero attached hydrogens (tertiary/aromatic N) is 1. The smallest absolute Gasteiger partial charge is 0.338 e. The number of esters is 1. The van der Waals surface area contributed by atoms with E-state index in [9.17, 15) is 22.4 Å². The number of sulfonamides is 1. The predicted molar refractivity (Wildman–Crippen MR) is 109 cm³/mol. The van der Waals surface area contributed by atoms with Crippen molar-refractivity contribution in [1.29, 1.82) is 0 Å². The Hall–Kier alpha value is -3.04. The number of rotatable bonds is 8. The van der Waals surface area contributed by atoms with Crippen LogP contribution < -0.4 is 0 Å². The van der Waals surface area contributed by atoms with Crippen LogP contribution in [0, 0.1) is 5.82 Å². The van der Waals surface area contributed by atoms with Gasteiger partial charge in [-0.3, -0.25) is 4.79 Å². The van der Waals surface area contributed by atoms with Gasteiger partial charge in [0.2, 0.25) is 15.8 Å². The van der Waals surface area contributed by atoms with Gasteiger partial charge in [0.15, 0.2) is 6.61 Å². The zero-order valence-electron chi connectivity index (χ0n) is 16.5. The lowest BCUT2D eigenvalue weighted by molar-refractivity contribution is 0.0475. The van der Waals surface area contributed by atoms with Gasteiger partial charge in [0, 0.05) is 35.8 Å². The maximum atomic E-state index is 14.2. The van der Waals surface area contributed by atoms with Crippen LogP contribution in [0.15, 0.2) is 53.6 Å². The summed E-state index contributed by atoms with van der Waals surface area (Å²) in [6.45, 7) is 3.05. The SMILES string of the molecule is CCN(CC)S(=O)(=O)c1cc(C(=O)OCC(=O)c2c[nH]c3ccccc23)ccc1F. The minimum Gasteiger partial charge on any atom is -0.454 e. The first-order valence-corrected chi connectivity index (χ1v) is 10.8. The lowest BCUT2D eigenvalue weighted by Gasteiger charge is -2.19. The monoisotopic (exact) mass is 432 g/mol. The van der Waals surface area contributed by atoms with Gasteiger partial charge in [0.25, 0.3) is 0 Å². The van der Waals surface area contributed by atoms with Crippen molar-refractivity contribution in [2.45, 2.75) is 18.7 Å². The number of hydrogen-bond acceptors (Lipinski definition) is 5. The van der Waals surface area contributed by atoms with E-state index in [1.807, 2.05) is 12.1 Å². The van der Waals surface area contributed by atoms with E-state index in [0.717, 1.165) is 28.0 Å². The van der Waals surface area contributed by atoms with E-state index < -0.39 is 39.1 Å². The van der Waals surface area contributed by atoms with Crippen LogP contribution in [0.5, 0.6) is 0 Å². The molecule has 0 aliphatic carbocycles. The van der Waals surface area contributed by atoms with Crippen LogP contribution in [0.1, 0.15) is 34.6 Å². The van der Waals surface area contributed by atoms with Crippen molar-refractivity contribution >= 4 is 32.7 Å². The van der Waals surface area contributed by atoms with E-state index >= 15 is 0 Å². The number of hydrogen-bond donors (Lipinski definition) is 1. The molecule has 0 amide bonds. The van der Waals surface area contributed by atoms with E-state index in [1.54, 1.807) is 26.0 Å². The Balaban J connectivity index is 1.78. The molecule has 30 heavy (non-hydrogen) atoms. The number of nitrogens with one attached hydrogen (secondary N) is 1. The molecular weight excluding hydrogens is 411 g/mol.